The Morgan fingerprint density at radius 1 is 1.15 bits per heavy atom. The predicted molar refractivity (Wildman–Crippen MR) is 123 cm³/mol. The van der Waals surface area contributed by atoms with Gasteiger partial charge in [0, 0.05) is 28.8 Å². The summed E-state index contributed by atoms with van der Waals surface area (Å²) in [5.41, 5.74) is 1.97. The van der Waals surface area contributed by atoms with Crippen LogP contribution in [0.1, 0.15) is 41.9 Å². The zero-order valence-corrected chi connectivity index (χ0v) is 18.7. The third-order valence-corrected chi connectivity index (χ3v) is 5.89. The summed E-state index contributed by atoms with van der Waals surface area (Å²) < 4.78 is 30.3. The second-order valence-corrected chi connectivity index (χ2v) is 8.73. The van der Waals surface area contributed by atoms with Crippen LogP contribution >= 0.6 is 0 Å². The largest absolute Gasteiger partial charge is 0.504 e. The SMILES string of the molecule is Cc1cc(-n2c(C(C)(C)CC#N)c(-c3ccc(C(=O)O)cc3)c3c(O)c(F)c#cc32)ccc1F. The Bertz CT molecular complexity index is 1480. The van der Waals surface area contributed by atoms with Crippen LogP contribution in [0.5, 0.6) is 5.75 Å². The lowest BCUT2D eigenvalue weighted by Gasteiger charge is -2.26. The highest BCUT2D eigenvalue weighted by Crippen LogP contribution is 2.46. The monoisotopic (exact) mass is 458 g/mol. The van der Waals surface area contributed by atoms with Gasteiger partial charge in [-0.05, 0) is 60.5 Å². The smallest absolute Gasteiger partial charge is 0.335 e. The molecule has 0 saturated heterocycles. The van der Waals surface area contributed by atoms with E-state index in [0.717, 1.165) is 0 Å². The molecule has 5 nitrogen and oxygen atoms in total. The Hall–Kier alpha value is -4.36. The minimum Gasteiger partial charge on any atom is -0.504 e. The van der Waals surface area contributed by atoms with E-state index in [9.17, 15) is 29.1 Å². The highest BCUT2D eigenvalue weighted by Gasteiger charge is 2.33. The van der Waals surface area contributed by atoms with Crippen molar-refractivity contribution in [3.8, 4) is 28.6 Å². The van der Waals surface area contributed by atoms with Gasteiger partial charge in [0.25, 0.3) is 0 Å². The van der Waals surface area contributed by atoms with Crippen molar-refractivity contribution in [2.24, 2.45) is 0 Å². The quantitative estimate of drug-likeness (QED) is 0.380. The molecule has 1 heterocycles. The molecule has 0 unspecified atom stereocenters. The van der Waals surface area contributed by atoms with Crippen LogP contribution in [0.3, 0.4) is 0 Å². The number of aromatic carboxylic acids is 1. The molecule has 0 bridgehead atoms. The molecule has 0 fully saturated rings. The number of aromatic nitrogens is 1. The van der Waals surface area contributed by atoms with Crippen molar-refractivity contribution >= 4 is 16.9 Å². The average Bonchev–Trinajstić information content (AvgIpc) is 3.15. The molecule has 0 aliphatic rings. The Labute approximate surface area is 195 Å². The van der Waals surface area contributed by atoms with Gasteiger partial charge in [0.2, 0.25) is 5.82 Å². The number of benzene rings is 2. The van der Waals surface area contributed by atoms with Crippen LogP contribution in [-0.2, 0) is 5.41 Å². The fourth-order valence-corrected chi connectivity index (χ4v) is 4.21. The van der Waals surface area contributed by atoms with Crippen LogP contribution in [-0.4, -0.2) is 20.7 Å². The molecule has 0 spiro atoms. The molecule has 0 atom stereocenters. The van der Waals surface area contributed by atoms with Gasteiger partial charge in [0.05, 0.1) is 17.0 Å². The van der Waals surface area contributed by atoms with Gasteiger partial charge >= 0.3 is 5.97 Å². The lowest BCUT2D eigenvalue weighted by molar-refractivity contribution is 0.0697. The second-order valence-electron chi connectivity index (χ2n) is 8.73. The molecule has 0 aliphatic heterocycles. The van der Waals surface area contributed by atoms with Crippen molar-refractivity contribution in [2.45, 2.75) is 32.6 Å². The maximum absolute atomic E-state index is 14.5. The summed E-state index contributed by atoms with van der Waals surface area (Å²) in [6.45, 7) is 5.29. The number of carboxylic acid groups (broad SMARTS) is 1. The summed E-state index contributed by atoms with van der Waals surface area (Å²) in [5, 5.41) is 29.7. The number of carboxylic acids is 1. The molecule has 170 valence electrons. The van der Waals surface area contributed by atoms with Gasteiger partial charge in [-0.15, -0.1) is 0 Å². The summed E-state index contributed by atoms with van der Waals surface area (Å²) in [6.07, 6.45) is 0.0800. The Morgan fingerprint density at radius 3 is 2.41 bits per heavy atom. The number of nitriles is 1. The third kappa shape index (κ3) is 3.62. The maximum atomic E-state index is 14.5. The highest BCUT2D eigenvalue weighted by atomic mass is 19.1. The Kier molecular flexibility index (Phi) is 5.51. The van der Waals surface area contributed by atoms with E-state index in [1.54, 1.807) is 35.8 Å². The topological polar surface area (TPSA) is 86.2 Å². The number of rotatable bonds is 5. The molecule has 7 heteroatoms. The van der Waals surface area contributed by atoms with Crippen molar-refractivity contribution < 1.29 is 23.8 Å². The molecule has 4 rings (SSSR count). The van der Waals surface area contributed by atoms with E-state index in [-0.39, 0.29) is 17.4 Å². The van der Waals surface area contributed by atoms with Crippen LogP contribution in [0.25, 0.3) is 27.7 Å². The van der Waals surface area contributed by atoms with E-state index in [0.29, 0.717) is 33.6 Å². The van der Waals surface area contributed by atoms with Gasteiger partial charge in [-0.1, -0.05) is 26.0 Å². The molecule has 4 aromatic rings. The first-order chi connectivity index (χ1) is 16.1. The average molecular weight is 458 g/mol. The highest BCUT2D eigenvalue weighted by molar-refractivity contribution is 6.03. The predicted octanol–water partition coefficient (Wildman–Crippen LogP) is 6.08. The fraction of sp³-hybridized carbons (Fsp3) is 0.185. The van der Waals surface area contributed by atoms with Gasteiger partial charge < -0.3 is 14.8 Å². The molecule has 0 aliphatic carbocycles. The van der Waals surface area contributed by atoms with Crippen LogP contribution in [0.2, 0.25) is 0 Å². The van der Waals surface area contributed by atoms with Crippen LogP contribution < -0.4 is 0 Å². The molecule has 0 amide bonds. The molecule has 0 radical (unpaired) electrons. The number of aryl methyl sites for hydroxylation is 1. The van der Waals surface area contributed by atoms with Crippen molar-refractivity contribution in [2.75, 3.05) is 0 Å². The second kappa shape index (κ2) is 8.20. The van der Waals surface area contributed by atoms with E-state index in [4.69, 9.17) is 0 Å². The summed E-state index contributed by atoms with van der Waals surface area (Å²) in [7, 11) is 0. The lowest BCUT2D eigenvalue weighted by Crippen LogP contribution is -2.21. The van der Waals surface area contributed by atoms with Gasteiger partial charge in [-0.25, -0.2) is 9.18 Å². The number of carbonyl (C=O) groups is 1. The first-order valence-corrected chi connectivity index (χ1v) is 10.4. The van der Waals surface area contributed by atoms with E-state index in [2.05, 4.69) is 18.2 Å². The van der Waals surface area contributed by atoms with Gasteiger partial charge in [0.1, 0.15) is 11.3 Å². The number of aromatic hydroxyl groups is 1. The van der Waals surface area contributed by atoms with Crippen molar-refractivity contribution in [1.82, 2.24) is 4.57 Å². The summed E-state index contributed by atoms with van der Waals surface area (Å²) >= 11 is 0. The molecular weight excluding hydrogens is 438 g/mol. The molecule has 0 saturated carbocycles. The zero-order chi connectivity index (χ0) is 24.8. The minimum atomic E-state index is -1.10. The van der Waals surface area contributed by atoms with Gasteiger partial charge in [-0.3, -0.25) is 0 Å². The molecule has 2 N–H and O–H groups in total. The zero-order valence-electron chi connectivity index (χ0n) is 18.7. The van der Waals surface area contributed by atoms with E-state index in [1.807, 2.05) is 13.8 Å². The van der Waals surface area contributed by atoms with Gasteiger partial charge in [-0.2, -0.15) is 9.65 Å². The molecule has 3 aromatic carbocycles. The molecule has 1 aromatic heterocycles. The first kappa shape index (κ1) is 22.8. The summed E-state index contributed by atoms with van der Waals surface area (Å²) in [5.74, 6) is -3.13. The number of hydrogen-bond donors (Lipinski definition) is 2. The van der Waals surface area contributed by atoms with E-state index in [1.165, 1.54) is 18.2 Å². The Morgan fingerprint density at radius 2 is 1.82 bits per heavy atom. The number of nitrogens with zero attached hydrogens (tertiary/aromatic N) is 2. The van der Waals surface area contributed by atoms with Crippen molar-refractivity contribution in [3.63, 3.8) is 0 Å². The fourth-order valence-electron chi connectivity index (χ4n) is 4.21. The number of fused-ring (bicyclic) bond motifs is 1. The first-order valence-electron chi connectivity index (χ1n) is 10.4. The Balaban J connectivity index is 2.21. The number of halogens is 2. The lowest BCUT2D eigenvalue weighted by atomic mass is 9.81. The van der Waals surface area contributed by atoms with Crippen molar-refractivity contribution in [3.05, 3.63) is 83.1 Å². The number of hydrogen-bond acceptors (Lipinski definition) is 3. The van der Waals surface area contributed by atoms with Gasteiger partial charge in [0.15, 0.2) is 5.75 Å². The van der Waals surface area contributed by atoms with E-state index >= 15 is 0 Å². The van der Waals surface area contributed by atoms with Crippen LogP contribution in [0.4, 0.5) is 8.78 Å². The summed E-state index contributed by atoms with van der Waals surface area (Å²) in [4.78, 5) is 11.4. The van der Waals surface area contributed by atoms with Crippen molar-refractivity contribution in [1.29, 1.82) is 5.26 Å². The van der Waals surface area contributed by atoms with E-state index < -0.39 is 28.8 Å². The molecule has 34 heavy (non-hydrogen) atoms. The van der Waals surface area contributed by atoms with Crippen LogP contribution in [0, 0.1) is 42.0 Å². The van der Waals surface area contributed by atoms with Crippen LogP contribution in [0.15, 0.2) is 42.5 Å². The standard InChI is InChI=1S/C27H20F2N2O3/c1-15-14-18(8-9-19(15)28)31-21-11-10-20(29)24(32)23(21)22(25(31)27(2,3)12-13-30)16-4-6-17(7-5-16)26(33)34/h4-9,14,32H,12H2,1-3H3,(H,33,34). The summed E-state index contributed by atoms with van der Waals surface area (Å²) in [6, 6.07) is 17.7. The third-order valence-electron chi connectivity index (χ3n) is 5.89. The minimum absolute atomic E-state index is 0.0646. The maximum Gasteiger partial charge on any atom is 0.335 e. The normalized spacial score (nSPS) is 11.3. The molecular formula is C27H20F2N2O3.